The predicted molar refractivity (Wildman–Crippen MR) is 74.2 cm³/mol. The van der Waals surface area contributed by atoms with Gasteiger partial charge in [-0.05, 0) is 23.8 Å². The van der Waals surface area contributed by atoms with Crippen LogP contribution in [0.5, 0.6) is 0 Å². The van der Waals surface area contributed by atoms with Crippen LogP contribution in [0.1, 0.15) is 17.2 Å². The zero-order valence-corrected chi connectivity index (χ0v) is 12.0. The van der Waals surface area contributed by atoms with Gasteiger partial charge < -0.3 is 5.11 Å². The van der Waals surface area contributed by atoms with Crippen LogP contribution in [-0.2, 0) is 6.42 Å². The highest BCUT2D eigenvalue weighted by atomic mass is 79.9. The lowest BCUT2D eigenvalue weighted by Crippen LogP contribution is -2.04. The summed E-state index contributed by atoms with van der Waals surface area (Å²) in [6.45, 7) is 0. The minimum Gasteiger partial charge on any atom is -0.388 e. The molecule has 0 amide bonds. The van der Waals surface area contributed by atoms with Crippen molar-refractivity contribution in [2.45, 2.75) is 12.5 Å². The smallest absolute Gasteiger partial charge is 0.142 e. The fourth-order valence-electron chi connectivity index (χ4n) is 1.78. The van der Waals surface area contributed by atoms with E-state index in [0.717, 1.165) is 0 Å². The number of aliphatic hydroxyl groups is 1. The SMILES string of the molecule is OC(Cc1ccc(F)cc1Br)c1cccc(F)c1Cl. The Bertz CT molecular complexity index is 604. The average molecular weight is 348 g/mol. The molecule has 0 bridgehead atoms. The minimum atomic E-state index is -0.954. The maximum Gasteiger partial charge on any atom is 0.142 e. The molecule has 0 aliphatic rings. The third-order valence-electron chi connectivity index (χ3n) is 2.77. The summed E-state index contributed by atoms with van der Waals surface area (Å²) in [5.74, 6) is -0.940. The number of rotatable bonds is 3. The first-order valence-corrected chi connectivity index (χ1v) is 6.72. The number of halogens is 4. The lowest BCUT2D eigenvalue weighted by Gasteiger charge is -2.14. The molecular weight excluding hydrogens is 338 g/mol. The van der Waals surface area contributed by atoms with E-state index in [0.29, 0.717) is 15.6 Å². The van der Waals surface area contributed by atoms with E-state index in [4.69, 9.17) is 11.6 Å². The fraction of sp³-hybridized carbons (Fsp3) is 0.143. The summed E-state index contributed by atoms with van der Waals surface area (Å²) in [4.78, 5) is 0. The van der Waals surface area contributed by atoms with Gasteiger partial charge in [0.2, 0.25) is 0 Å². The normalized spacial score (nSPS) is 12.5. The molecule has 0 spiro atoms. The largest absolute Gasteiger partial charge is 0.388 e. The van der Waals surface area contributed by atoms with Crippen LogP contribution in [0.15, 0.2) is 40.9 Å². The zero-order chi connectivity index (χ0) is 14.0. The van der Waals surface area contributed by atoms with Crippen molar-refractivity contribution in [3.8, 4) is 0 Å². The Hall–Kier alpha value is -0.970. The van der Waals surface area contributed by atoms with Crippen molar-refractivity contribution in [1.29, 1.82) is 0 Å². The van der Waals surface area contributed by atoms with Gasteiger partial charge in [0, 0.05) is 16.5 Å². The molecule has 1 nitrogen and oxygen atoms in total. The van der Waals surface area contributed by atoms with Crippen molar-refractivity contribution in [2.24, 2.45) is 0 Å². The molecule has 0 aliphatic carbocycles. The number of aliphatic hydroxyl groups excluding tert-OH is 1. The highest BCUT2D eigenvalue weighted by Crippen LogP contribution is 2.30. The molecule has 0 fully saturated rings. The molecule has 0 aromatic heterocycles. The van der Waals surface area contributed by atoms with E-state index in [1.54, 1.807) is 12.1 Å². The van der Waals surface area contributed by atoms with Crippen LogP contribution < -0.4 is 0 Å². The monoisotopic (exact) mass is 346 g/mol. The summed E-state index contributed by atoms with van der Waals surface area (Å²) >= 11 is 9.04. The average Bonchev–Trinajstić information content (AvgIpc) is 2.36. The van der Waals surface area contributed by atoms with Gasteiger partial charge in [0.05, 0.1) is 11.1 Å². The zero-order valence-electron chi connectivity index (χ0n) is 9.71. The second-order valence-corrected chi connectivity index (χ2v) is 5.33. The van der Waals surface area contributed by atoms with Gasteiger partial charge in [-0.2, -0.15) is 0 Å². The van der Waals surface area contributed by atoms with Crippen LogP contribution in [0.2, 0.25) is 5.02 Å². The molecule has 5 heteroatoms. The summed E-state index contributed by atoms with van der Waals surface area (Å²) in [7, 11) is 0. The Morgan fingerprint density at radius 2 is 1.95 bits per heavy atom. The van der Waals surface area contributed by atoms with Gasteiger partial charge in [-0.15, -0.1) is 0 Å². The minimum absolute atomic E-state index is 0.0896. The van der Waals surface area contributed by atoms with Crippen LogP contribution in [0.25, 0.3) is 0 Å². The second-order valence-electron chi connectivity index (χ2n) is 4.10. The van der Waals surface area contributed by atoms with E-state index in [1.807, 2.05) is 0 Å². The Morgan fingerprint density at radius 3 is 2.63 bits per heavy atom. The van der Waals surface area contributed by atoms with Crippen LogP contribution in [0.4, 0.5) is 8.78 Å². The Balaban J connectivity index is 2.25. The van der Waals surface area contributed by atoms with E-state index >= 15 is 0 Å². The summed E-state index contributed by atoms with van der Waals surface area (Å²) in [5, 5.41) is 10.0. The van der Waals surface area contributed by atoms with Crippen LogP contribution >= 0.6 is 27.5 Å². The second kappa shape index (κ2) is 5.99. The summed E-state index contributed by atoms with van der Waals surface area (Å²) in [6, 6.07) is 8.46. The third kappa shape index (κ3) is 3.32. The van der Waals surface area contributed by atoms with Gasteiger partial charge in [-0.1, -0.05) is 45.7 Å². The topological polar surface area (TPSA) is 20.2 Å². The van der Waals surface area contributed by atoms with E-state index in [-0.39, 0.29) is 17.3 Å². The lowest BCUT2D eigenvalue weighted by molar-refractivity contribution is 0.178. The standard InChI is InChI=1S/C14H10BrClF2O/c15-11-7-9(17)5-4-8(11)6-13(19)10-2-1-3-12(18)14(10)16/h1-5,7,13,19H,6H2. The van der Waals surface area contributed by atoms with Crippen molar-refractivity contribution in [2.75, 3.05) is 0 Å². The van der Waals surface area contributed by atoms with Crippen molar-refractivity contribution in [3.63, 3.8) is 0 Å². The molecule has 1 atom stereocenters. The molecule has 2 aromatic rings. The van der Waals surface area contributed by atoms with Crippen molar-refractivity contribution in [1.82, 2.24) is 0 Å². The highest BCUT2D eigenvalue weighted by Gasteiger charge is 2.16. The molecule has 0 heterocycles. The van der Waals surface area contributed by atoms with Gasteiger partial charge >= 0.3 is 0 Å². The van der Waals surface area contributed by atoms with E-state index < -0.39 is 11.9 Å². The molecule has 0 saturated carbocycles. The third-order valence-corrected chi connectivity index (χ3v) is 3.91. The molecular formula is C14H10BrClF2O. The van der Waals surface area contributed by atoms with E-state index in [1.165, 1.54) is 24.3 Å². The maximum atomic E-state index is 13.3. The van der Waals surface area contributed by atoms with Gasteiger partial charge in [0.1, 0.15) is 11.6 Å². The van der Waals surface area contributed by atoms with Crippen molar-refractivity contribution >= 4 is 27.5 Å². The van der Waals surface area contributed by atoms with Crippen molar-refractivity contribution < 1.29 is 13.9 Å². The molecule has 2 aromatic carbocycles. The van der Waals surface area contributed by atoms with Crippen LogP contribution in [0, 0.1) is 11.6 Å². The number of benzene rings is 2. The summed E-state index contributed by atoms with van der Waals surface area (Å²) < 4.78 is 26.8. The number of hydrogen-bond acceptors (Lipinski definition) is 1. The predicted octanol–water partition coefficient (Wildman–Crippen LogP) is 4.66. The highest BCUT2D eigenvalue weighted by molar-refractivity contribution is 9.10. The van der Waals surface area contributed by atoms with Gasteiger partial charge in [-0.3, -0.25) is 0 Å². The molecule has 2 rings (SSSR count). The Labute approximate surface area is 123 Å². The van der Waals surface area contributed by atoms with Crippen molar-refractivity contribution in [3.05, 3.63) is 68.7 Å². The van der Waals surface area contributed by atoms with Crippen LogP contribution in [-0.4, -0.2) is 5.11 Å². The molecule has 0 aliphatic heterocycles. The first-order chi connectivity index (χ1) is 8.99. The number of hydrogen-bond donors (Lipinski definition) is 1. The summed E-state index contributed by atoms with van der Waals surface area (Å²) in [5.41, 5.74) is 1.03. The maximum absolute atomic E-state index is 13.3. The molecule has 0 radical (unpaired) electrons. The van der Waals surface area contributed by atoms with E-state index in [9.17, 15) is 13.9 Å². The molecule has 19 heavy (non-hydrogen) atoms. The van der Waals surface area contributed by atoms with Crippen LogP contribution in [0.3, 0.4) is 0 Å². The quantitative estimate of drug-likeness (QED) is 0.856. The van der Waals surface area contributed by atoms with Gasteiger partial charge in [-0.25, -0.2) is 8.78 Å². The molecule has 1 N–H and O–H groups in total. The fourth-order valence-corrected chi connectivity index (χ4v) is 2.55. The lowest BCUT2D eigenvalue weighted by atomic mass is 10.0. The molecule has 1 unspecified atom stereocenters. The first kappa shape index (κ1) is 14.4. The Kier molecular flexibility index (Phi) is 4.55. The molecule has 100 valence electrons. The first-order valence-electron chi connectivity index (χ1n) is 5.55. The van der Waals surface area contributed by atoms with Gasteiger partial charge in [0.25, 0.3) is 0 Å². The Morgan fingerprint density at radius 1 is 1.21 bits per heavy atom. The van der Waals surface area contributed by atoms with Gasteiger partial charge in [0.15, 0.2) is 0 Å². The summed E-state index contributed by atoms with van der Waals surface area (Å²) in [6.07, 6.45) is -0.741. The molecule has 0 saturated heterocycles. The van der Waals surface area contributed by atoms with E-state index in [2.05, 4.69) is 15.9 Å².